The predicted molar refractivity (Wildman–Crippen MR) is 172 cm³/mol. The fraction of sp³-hybridized carbons (Fsp3) is 0.281. The van der Waals surface area contributed by atoms with Crippen LogP contribution in [0.4, 0.5) is 11.6 Å². The Hall–Kier alpha value is -4.92. The molecule has 0 saturated carbocycles. The number of aromatic nitrogens is 3. The van der Waals surface area contributed by atoms with Gasteiger partial charge >= 0.3 is 0 Å². The van der Waals surface area contributed by atoms with Crippen LogP contribution in [0.2, 0.25) is 5.02 Å². The van der Waals surface area contributed by atoms with Crippen LogP contribution in [0.5, 0.6) is 11.5 Å². The summed E-state index contributed by atoms with van der Waals surface area (Å²) in [5.41, 5.74) is 7.62. The van der Waals surface area contributed by atoms with Gasteiger partial charge in [0.1, 0.15) is 28.8 Å². The predicted octanol–water partition coefficient (Wildman–Crippen LogP) is 4.56. The van der Waals surface area contributed by atoms with Crippen molar-refractivity contribution in [3.63, 3.8) is 0 Å². The van der Waals surface area contributed by atoms with E-state index in [1.807, 2.05) is 18.2 Å². The Kier molecular flexibility index (Phi) is 9.57. The Morgan fingerprint density at radius 2 is 1.89 bits per heavy atom. The summed E-state index contributed by atoms with van der Waals surface area (Å²) in [6.45, 7) is 3.72. The van der Waals surface area contributed by atoms with Crippen LogP contribution in [-0.4, -0.2) is 54.3 Å². The first-order chi connectivity index (χ1) is 20.9. The molecule has 3 N–H and O–H groups in total. The SMILES string of the molecule is CNc1ncc2cc(-c3cc(OC)cc(OC)c3Cl)c(=O)n(CCc3ccc(N(C)C(=O)C(C#N)=CC(C)(C)N)cc3)c2n1. The van der Waals surface area contributed by atoms with Crippen LogP contribution in [-0.2, 0) is 17.8 Å². The van der Waals surface area contributed by atoms with E-state index in [9.17, 15) is 14.9 Å². The summed E-state index contributed by atoms with van der Waals surface area (Å²) in [6, 6.07) is 14.3. The number of carbonyl (C=O) groups is 1. The number of nitrogens with one attached hydrogen (secondary N) is 1. The van der Waals surface area contributed by atoms with Gasteiger partial charge in [-0.2, -0.15) is 10.2 Å². The lowest BCUT2D eigenvalue weighted by atomic mass is 10.0. The molecular weight excluding hydrogens is 582 g/mol. The summed E-state index contributed by atoms with van der Waals surface area (Å²) >= 11 is 6.67. The second kappa shape index (κ2) is 13.2. The number of nitriles is 1. The van der Waals surface area contributed by atoms with Crippen molar-refractivity contribution in [2.24, 2.45) is 5.73 Å². The number of ether oxygens (including phenoxy) is 2. The van der Waals surface area contributed by atoms with Crippen molar-refractivity contribution in [2.45, 2.75) is 32.4 Å². The van der Waals surface area contributed by atoms with Gasteiger partial charge in [-0.25, -0.2) is 4.98 Å². The molecule has 11 nitrogen and oxygen atoms in total. The summed E-state index contributed by atoms with van der Waals surface area (Å²) in [7, 11) is 6.32. The molecule has 0 aliphatic rings. The molecule has 0 fully saturated rings. The quantitative estimate of drug-likeness (QED) is 0.193. The second-order valence-corrected chi connectivity index (χ2v) is 11.1. The molecule has 228 valence electrons. The van der Waals surface area contributed by atoms with E-state index >= 15 is 0 Å². The van der Waals surface area contributed by atoms with Crippen LogP contribution >= 0.6 is 11.6 Å². The van der Waals surface area contributed by atoms with E-state index in [1.165, 1.54) is 25.2 Å². The first-order valence-electron chi connectivity index (χ1n) is 13.7. The number of fused-ring (bicyclic) bond motifs is 1. The molecule has 2 aromatic carbocycles. The second-order valence-electron chi connectivity index (χ2n) is 10.7. The lowest BCUT2D eigenvalue weighted by Crippen LogP contribution is -2.33. The van der Waals surface area contributed by atoms with Crippen molar-refractivity contribution in [3.8, 4) is 28.7 Å². The van der Waals surface area contributed by atoms with Gasteiger partial charge in [0.15, 0.2) is 0 Å². The molecule has 0 saturated heterocycles. The Bertz CT molecular complexity index is 1840. The first kappa shape index (κ1) is 32.0. The van der Waals surface area contributed by atoms with Crippen molar-refractivity contribution in [3.05, 3.63) is 81.3 Å². The molecule has 0 unspecified atom stereocenters. The van der Waals surface area contributed by atoms with Crippen molar-refractivity contribution < 1.29 is 14.3 Å². The van der Waals surface area contributed by atoms with E-state index in [0.29, 0.717) is 58.3 Å². The summed E-state index contributed by atoms with van der Waals surface area (Å²) in [4.78, 5) is 37.2. The third kappa shape index (κ3) is 6.83. The van der Waals surface area contributed by atoms with Crippen LogP contribution in [0, 0.1) is 11.3 Å². The van der Waals surface area contributed by atoms with Gasteiger partial charge in [0, 0.05) is 60.6 Å². The first-order valence-corrected chi connectivity index (χ1v) is 14.1. The number of anilines is 2. The van der Waals surface area contributed by atoms with Crippen LogP contribution in [0.25, 0.3) is 22.2 Å². The van der Waals surface area contributed by atoms with Crippen molar-refractivity contribution in [2.75, 3.05) is 38.5 Å². The van der Waals surface area contributed by atoms with Crippen LogP contribution < -0.4 is 31.0 Å². The average molecular weight is 616 g/mol. The number of pyridine rings is 1. The van der Waals surface area contributed by atoms with Crippen LogP contribution in [0.3, 0.4) is 0 Å². The van der Waals surface area contributed by atoms with Gasteiger partial charge in [-0.15, -0.1) is 0 Å². The number of carbonyl (C=O) groups excluding carboxylic acids is 1. The van der Waals surface area contributed by atoms with Gasteiger partial charge in [-0.05, 0) is 56.2 Å². The number of nitrogens with zero attached hydrogens (tertiary/aromatic N) is 5. The number of aryl methyl sites for hydroxylation is 2. The Morgan fingerprint density at radius 3 is 2.48 bits per heavy atom. The zero-order valence-corrected chi connectivity index (χ0v) is 26.2. The number of nitrogens with two attached hydrogens (primary N) is 1. The molecule has 1 amide bonds. The third-order valence-electron chi connectivity index (χ3n) is 6.93. The number of likely N-dealkylation sites (N-methyl/N-ethyl adjacent to an activating group) is 1. The van der Waals surface area contributed by atoms with E-state index in [0.717, 1.165) is 5.56 Å². The molecule has 0 aliphatic heterocycles. The summed E-state index contributed by atoms with van der Waals surface area (Å²) in [5, 5.41) is 13.3. The number of methoxy groups -OCH3 is 2. The van der Waals surface area contributed by atoms with E-state index < -0.39 is 11.4 Å². The highest BCUT2D eigenvalue weighted by molar-refractivity contribution is 6.35. The van der Waals surface area contributed by atoms with Gasteiger partial charge < -0.3 is 25.4 Å². The smallest absolute Gasteiger partial charge is 0.268 e. The fourth-order valence-electron chi connectivity index (χ4n) is 4.65. The standard InChI is InChI=1S/C32H34ClN7O4/c1-32(2,35)16-21(17-34)29(41)39(4)22-9-7-19(8-10-22)11-12-40-28-20(18-37-31(36-3)38-28)13-25(30(40)42)24-14-23(43-5)15-26(44-6)27(24)33/h7-10,13-16,18H,11-12,35H2,1-6H3,(H,36,37,38). The topological polar surface area (TPSA) is 148 Å². The minimum atomic E-state index is -0.812. The Labute approximate surface area is 260 Å². The molecule has 0 aliphatic carbocycles. The maximum atomic E-state index is 14.0. The molecule has 12 heteroatoms. The molecule has 2 heterocycles. The van der Waals surface area contributed by atoms with E-state index in [1.54, 1.807) is 69.0 Å². The van der Waals surface area contributed by atoms with Crippen molar-refractivity contribution in [1.82, 2.24) is 14.5 Å². The Balaban J connectivity index is 1.70. The molecule has 0 bridgehead atoms. The van der Waals surface area contributed by atoms with E-state index in [-0.39, 0.29) is 16.2 Å². The normalized spacial score (nSPS) is 11.7. The van der Waals surface area contributed by atoms with E-state index in [4.69, 9.17) is 26.8 Å². The molecule has 4 aromatic rings. The average Bonchev–Trinajstić information content (AvgIpc) is 3.02. The minimum Gasteiger partial charge on any atom is -0.497 e. The van der Waals surface area contributed by atoms with Gasteiger partial charge in [-0.1, -0.05) is 23.7 Å². The molecule has 0 radical (unpaired) electrons. The molecule has 2 aromatic heterocycles. The van der Waals surface area contributed by atoms with Gasteiger partial charge in [-0.3, -0.25) is 14.2 Å². The third-order valence-corrected chi connectivity index (χ3v) is 7.32. The zero-order chi connectivity index (χ0) is 32.2. The number of hydrogen-bond acceptors (Lipinski definition) is 9. The number of amides is 1. The van der Waals surface area contributed by atoms with Crippen molar-refractivity contribution >= 4 is 40.2 Å². The van der Waals surface area contributed by atoms with Gasteiger partial charge in [0.25, 0.3) is 11.5 Å². The molecular formula is C32H34ClN7O4. The highest BCUT2D eigenvalue weighted by atomic mass is 35.5. The summed E-state index contributed by atoms with van der Waals surface area (Å²) in [6.07, 6.45) is 3.58. The number of benzene rings is 2. The lowest BCUT2D eigenvalue weighted by molar-refractivity contribution is -0.114. The summed E-state index contributed by atoms with van der Waals surface area (Å²) in [5.74, 6) is 0.782. The fourth-order valence-corrected chi connectivity index (χ4v) is 4.94. The molecule has 0 spiro atoms. The summed E-state index contributed by atoms with van der Waals surface area (Å²) < 4.78 is 12.4. The van der Waals surface area contributed by atoms with Crippen LogP contribution in [0.15, 0.2) is 65.1 Å². The highest BCUT2D eigenvalue weighted by Gasteiger charge is 2.21. The molecule has 0 atom stereocenters. The zero-order valence-electron chi connectivity index (χ0n) is 25.4. The number of rotatable bonds is 10. The largest absolute Gasteiger partial charge is 0.497 e. The molecule has 4 rings (SSSR count). The highest BCUT2D eigenvalue weighted by Crippen LogP contribution is 2.38. The minimum absolute atomic E-state index is 0.0353. The Morgan fingerprint density at radius 1 is 1.18 bits per heavy atom. The van der Waals surface area contributed by atoms with E-state index in [2.05, 4.69) is 15.3 Å². The number of halogens is 1. The molecule has 44 heavy (non-hydrogen) atoms. The maximum Gasteiger partial charge on any atom is 0.268 e. The van der Waals surface area contributed by atoms with Crippen LogP contribution in [0.1, 0.15) is 19.4 Å². The lowest BCUT2D eigenvalue weighted by Gasteiger charge is -2.19. The monoisotopic (exact) mass is 615 g/mol. The van der Waals surface area contributed by atoms with Crippen molar-refractivity contribution in [1.29, 1.82) is 5.26 Å². The van der Waals surface area contributed by atoms with Gasteiger partial charge in [0.05, 0.1) is 19.2 Å². The number of hydrogen-bond donors (Lipinski definition) is 2. The van der Waals surface area contributed by atoms with Gasteiger partial charge in [0.2, 0.25) is 5.95 Å². The maximum absolute atomic E-state index is 14.0.